The highest BCUT2D eigenvalue weighted by Crippen LogP contribution is 2.11. The molecule has 1 aromatic rings. The lowest BCUT2D eigenvalue weighted by Crippen LogP contribution is -2.14. The van der Waals surface area contributed by atoms with E-state index in [1.807, 2.05) is 24.5 Å². The Labute approximate surface area is 84.4 Å². The second-order valence-electron chi connectivity index (χ2n) is 3.49. The fourth-order valence-corrected chi connectivity index (χ4v) is 1.27. The molecule has 0 radical (unpaired) electrons. The van der Waals surface area contributed by atoms with Crippen LogP contribution in [0, 0.1) is 5.41 Å². The number of rotatable bonds is 5. The van der Waals surface area contributed by atoms with Gasteiger partial charge < -0.3 is 9.47 Å². The van der Waals surface area contributed by atoms with Crippen LogP contribution < -0.4 is 0 Å². The van der Waals surface area contributed by atoms with Crippen molar-refractivity contribution in [1.82, 2.24) is 9.47 Å². The monoisotopic (exact) mass is 192 g/mol. The van der Waals surface area contributed by atoms with E-state index in [0.717, 1.165) is 25.2 Å². The van der Waals surface area contributed by atoms with E-state index < -0.39 is 0 Å². The Morgan fingerprint density at radius 1 is 1.57 bits per heavy atom. The van der Waals surface area contributed by atoms with Gasteiger partial charge in [0, 0.05) is 18.9 Å². The van der Waals surface area contributed by atoms with Gasteiger partial charge in [0.2, 0.25) is 0 Å². The van der Waals surface area contributed by atoms with Crippen LogP contribution in [0.15, 0.2) is 23.5 Å². The van der Waals surface area contributed by atoms with E-state index in [9.17, 15) is 0 Å². The Balaban J connectivity index is 2.40. The lowest BCUT2D eigenvalue weighted by atomic mass is 10.4. The van der Waals surface area contributed by atoms with Crippen LogP contribution >= 0.6 is 0 Å². The highest BCUT2D eigenvalue weighted by Gasteiger charge is 1.95. The van der Waals surface area contributed by atoms with Crippen LogP contribution in [0.4, 0.5) is 5.69 Å². The number of aryl methyl sites for hydroxylation is 1. The highest BCUT2D eigenvalue weighted by molar-refractivity contribution is 5.48. The van der Waals surface area contributed by atoms with E-state index in [0.29, 0.717) is 0 Å². The second kappa shape index (κ2) is 5.37. The van der Waals surface area contributed by atoms with Crippen LogP contribution in [0.1, 0.15) is 6.42 Å². The summed E-state index contributed by atoms with van der Waals surface area (Å²) in [6, 6.07) is 3.91. The van der Waals surface area contributed by atoms with E-state index in [2.05, 4.69) is 28.6 Å². The largest absolute Gasteiger partial charge is 0.352 e. The number of nitrogens with zero attached hydrogens (tertiary/aromatic N) is 3. The number of aliphatic imine (C=N–C) groups is 1. The summed E-state index contributed by atoms with van der Waals surface area (Å²) >= 11 is 0. The van der Waals surface area contributed by atoms with Gasteiger partial charge in [-0.3, -0.25) is 0 Å². The van der Waals surface area contributed by atoms with Crippen molar-refractivity contribution in [2.24, 2.45) is 4.99 Å². The first-order chi connectivity index (χ1) is 6.72. The van der Waals surface area contributed by atoms with Crippen molar-refractivity contribution >= 4 is 11.7 Å². The van der Waals surface area contributed by atoms with Gasteiger partial charge in [-0.05, 0) is 33.1 Å². The summed E-state index contributed by atoms with van der Waals surface area (Å²) in [7, 11) is 4.14. The molecular weight excluding hydrogens is 176 g/mol. The molecule has 1 aromatic heterocycles. The Kier molecular flexibility index (Phi) is 4.11. The average Bonchev–Trinajstić information content (AvgIpc) is 2.53. The molecule has 1 rings (SSSR count). The molecule has 0 saturated heterocycles. The molecule has 0 atom stereocenters. The molecule has 4 nitrogen and oxygen atoms in total. The van der Waals surface area contributed by atoms with Crippen molar-refractivity contribution in [3.63, 3.8) is 0 Å². The fraction of sp³-hybridized carbons (Fsp3) is 0.500. The molecule has 0 aliphatic heterocycles. The van der Waals surface area contributed by atoms with Crippen LogP contribution in [-0.2, 0) is 6.54 Å². The Hall–Kier alpha value is -1.38. The van der Waals surface area contributed by atoms with Gasteiger partial charge in [-0.15, -0.1) is 0 Å². The minimum Gasteiger partial charge on any atom is -0.352 e. The first kappa shape index (κ1) is 10.7. The third-order valence-corrected chi connectivity index (χ3v) is 1.94. The van der Waals surface area contributed by atoms with Crippen molar-refractivity contribution in [3.8, 4) is 0 Å². The first-order valence-corrected chi connectivity index (χ1v) is 4.65. The van der Waals surface area contributed by atoms with Gasteiger partial charge in [0.15, 0.2) is 0 Å². The molecule has 4 heteroatoms. The maximum absolute atomic E-state index is 6.71. The van der Waals surface area contributed by atoms with Gasteiger partial charge in [-0.25, -0.2) is 5.41 Å². The molecule has 1 N–H and O–H groups in total. The zero-order valence-electron chi connectivity index (χ0n) is 8.70. The summed E-state index contributed by atoms with van der Waals surface area (Å²) < 4.78 is 2.08. The van der Waals surface area contributed by atoms with Gasteiger partial charge in [-0.1, -0.05) is 0 Å². The molecule has 0 unspecified atom stereocenters. The minimum atomic E-state index is 0.796. The molecule has 0 aliphatic rings. The summed E-state index contributed by atoms with van der Waals surface area (Å²) in [5.74, 6) is 0. The van der Waals surface area contributed by atoms with E-state index >= 15 is 0 Å². The SMILES string of the molecule is CN(C)CCCn1ccc(N=C=N)c1. The molecule has 0 aromatic carbocycles. The standard InChI is InChI=1S/C10H16N4/c1-13(2)5-3-6-14-7-4-10(8-14)12-9-11/h4,7-8,11H,3,5-6H2,1-2H3. The number of nitrogens with one attached hydrogen (secondary N) is 1. The normalized spacial score (nSPS) is 10.2. The third kappa shape index (κ3) is 3.56. The van der Waals surface area contributed by atoms with Crippen LogP contribution in [0.2, 0.25) is 0 Å². The van der Waals surface area contributed by atoms with Crippen molar-refractivity contribution in [3.05, 3.63) is 18.5 Å². The lowest BCUT2D eigenvalue weighted by Gasteiger charge is -2.09. The molecule has 14 heavy (non-hydrogen) atoms. The molecule has 0 spiro atoms. The van der Waals surface area contributed by atoms with Crippen molar-refractivity contribution in [2.45, 2.75) is 13.0 Å². The summed E-state index contributed by atoms with van der Waals surface area (Å²) in [6.07, 6.45) is 5.03. The Bertz CT molecular complexity index is 321. The van der Waals surface area contributed by atoms with E-state index in [4.69, 9.17) is 5.41 Å². The van der Waals surface area contributed by atoms with Crippen LogP contribution in [0.5, 0.6) is 0 Å². The zero-order valence-corrected chi connectivity index (χ0v) is 8.70. The first-order valence-electron chi connectivity index (χ1n) is 4.65. The quantitative estimate of drug-likeness (QED) is 0.711. The summed E-state index contributed by atoms with van der Waals surface area (Å²) in [4.78, 5) is 5.92. The van der Waals surface area contributed by atoms with Gasteiger partial charge in [-0.2, -0.15) is 4.99 Å². The maximum Gasteiger partial charge on any atom is 0.0922 e. The van der Waals surface area contributed by atoms with Crippen LogP contribution in [0.3, 0.4) is 0 Å². The number of hydrogen-bond acceptors (Lipinski definition) is 3. The van der Waals surface area contributed by atoms with Crippen molar-refractivity contribution in [1.29, 1.82) is 5.41 Å². The van der Waals surface area contributed by atoms with E-state index in [1.54, 1.807) is 0 Å². The number of hydrogen-bond donors (Lipinski definition) is 1. The predicted molar refractivity (Wildman–Crippen MR) is 57.4 cm³/mol. The van der Waals surface area contributed by atoms with E-state index in [1.165, 1.54) is 0 Å². The molecule has 0 fully saturated rings. The van der Waals surface area contributed by atoms with Gasteiger partial charge in [0.05, 0.1) is 11.7 Å². The molecule has 0 amide bonds. The molecule has 0 aliphatic carbocycles. The fourth-order valence-electron chi connectivity index (χ4n) is 1.27. The lowest BCUT2D eigenvalue weighted by molar-refractivity contribution is 0.386. The maximum atomic E-state index is 6.71. The molecular formula is C10H16N4. The average molecular weight is 192 g/mol. The van der Waals surface area contributed by atoms with E-state index in [-0.39, 0.29) is 0 Å². The predicted octanol–water partition coefficient (Wildman–Crippen LogP) is 1.82. The number of aromatic nitrogens is 1. The third-order valence-electron chi connectivity index (χ3n) is 1.94. The summed E-state index contributed by atoms with van der Waals surface area (Å²) in [5, 5.41) is 6.71. The Morgan fingerprint density at radius 2 is 2.36 bits per heavy atom. The smallest absolute Gasteiger partial charge is 0.0922 e. The highest BCUT2D eigenvalue weighted by atomic mass is 15.1. The van der Waals surface area contributed by atoms with Crippen LogP contribution in [0.25, 0.3) is 0 Å². The minimum absolute atomic E-state index is 0.796. The topological polar surface area (TPSA) is 44.4 Å². The van der Waals surface area contributed by atoms with Crippen LogP contribution in [-0.4, -0.2) is 36.1 Å². The summed E-state index contributed by atoms with van der Waals surface area (Å²) in [6.45, 7) is 2.08. The van der Waals surface area contributed by atoms with Crippen molar-refractivity contribution < 1.29 is 0 Å². The summed E-state index contributed by atoms with van der Waals surface area (Å²) in [5.41, 5.74) is 0.796. The molecule has 76 valence electrons. The second-order valence-corrected chi connectivity index (χ2v) is 3.49. The molecule has 0 saturated carbocycles. The Morgan fingerprint density at radius 3 is 3.00 bits per heavy atom. The molecule has 0 bridgehead atoms. The zero-order chi connectivity index (χ0) is 10.4. The molecule has 1 heterocycles. The van der Waals surface area contributed by atoms with Gasteiger partial charge >= 0.3 is 0 Å². The van der Waals surface area contributed by atoms with Gasteiger partial charge in [0.1, 0.15) is 0 Å². The van der Waals surface area contributed by atoms with Gasteiger partial charge in [0.25, 0.3) is 0 Å². The van der Waals surface area contributed by atoms with Crippen molar-refractivity contribution in [2.75, 3.05) is 20.6 Å².